The van der Waals surface area contributed by atoms with E-state index in [0.717, 1.165) is 44.2 Å². The topological polar surface area (TPSA) is 18.0 Å². The van der Waals surface area contributed by atoms with Gasteiger partial charge in [-0.15, -0.1) is 0 Å². The third kappa shape index (κ3) is 7.29. The van der Waals surface area contributed by atoms with E-state index in [2.05, 4.69) is 200 Å². The largest absolute Gasteiger partial charge is 0.310 e. The van der Waals surface area contributed by atoms with Gasteiger partial charge in [-0.3, -0.25) is 0 Å². The van der Waals surface area contributed by atoms with E-state index in [1.54, 1.807) is 6.07 Å². The van der Waals surface area contributed by atoms with Crippen LogP contribution in [0.5, 0.6) is 0 Å². The molecule has 10 aromatic carbocycles. The Labute approximate surface area is 491 Å². The van der Waals surface area contributed by atoms with Gasteiger partial charge in [0.25, 0.3) is 0 Å². The van der Waals surface area contributed by atoms with E-state index in [9.17, 15) is 0 Å². The molecule has 0 spiro atoms. The summed E-state index contributed by atoms with van der Waals surface area (Å²) >= 11 is 0. The minimum Gasteiger partial charge on any atom is -0.310 e. The Morgan fingerprint density at radius 3 is 1.58 bits per heavy atom. The second kappa shape index (κ2) is 17.0. The average Bonchev–Trinajstić information content (AvgIpc) is 1.63. The zero-order valence-corrected chi connectivity index (χ0v) is 48.1. The highest BCUT2D eigenvalue weighted by molar-refractivity contribution is 6.99. The lowest BCUT2D eigenvalue weighted by Crippen LogP contribution is -2.63. The number of nitrogens with zero attached hydrogens (tertiary/aromatic N) is 4. The van der Waals surface area contributed by atoms with Gasteiger partial charge in [0.15, 0.2) is 0 Å². The average molecular weight is 1060 g/mol. The summed E-state index contributed by atoms with van der Waals surface area (Å²) in [6.45, 7) is 27.8. The van der Waals surface area contributed by atoms with Crippen molar-refractivity contribution in [1.82, 2.24) is 13.7 Å². The van der Waals surface area contributed by atoms with Gasteiger partial charge in [0.2, 0.25) is 6.71 Å². The Kier molecular flexibility index (Phi) is 8.35. The van der Waals surface area contributed by atoms with Gasteiger partial charge in [-0.25, -0.2) is 0 Å². The molecule has 4 nitrogen and oxygen atoms in total. The fraction of sp³-hybridized carbons (Fsp3) is 0.211. The number of aryl methyl sites for hydroxylation is 1. The third-order valence-corrected chi connectivity index (χ3v) is 17.9. The van der Waals surface area contributed by atoms with Crippen molar-refractivity contribution < 1.29 is 13.7 Å². The first-order valence-electron chi connectivity index (χ1n) is 33.4. The van der Waals surface area contributed by atoms with Crippen LogP contribution in [0.3, 0.4) is 0 Å². The van der Waals surface area contributed by atoms with E-state index in [1.165, 1.54) is 92.9 Å². The zero-order chi connectivity index (χ0) is 64.5. The summed E-state index contributed by atoms with van der Waals surface area (Å²) < 4.78 is 95.4. The van der Waals surface area contributed by atoms with Crippen LogP contribution >= 0.6 is 0 Å². The summed E-state index contributed by atoms with van der Waals surface area (Å²) in [4.78, 5) is 1.22. The fourth-order valence-electron chi connectivity index (χ4n) is 13.8. The minimum atomic E-state index is -0.622. The van der Waals surface area contributed by atoms with Crippen molar-refractivity contribution in [3.8, 4) is 17.1 Å². The zero-order valence-electron chi connectivity index (χ0n) is 58.1. The van der Waals surface area contributed by atoms with Crippen molar-refractivity contribution in [3.05, 3.63) is 233 Å². The molecule has 5 heteroatoms. The van der Waals surface area contributed by atoms with Crippen molar-refractivity contribution in [2.24, 2.45) is 0 Å². The van der Waals surface area contributed by atoms with Crippen molar-refractivity contribution in [2.45, 2.75) is 105 Å². The van der Waals surface area contributed by atoms with Crippen LogP contribution in [0, 0.1) is 6.92 Å². The molecule has 81 heavy (non-hydrogen) atoms. The molecule has 0 saturated carbocycles. The SMILES string of the molecule is [2H]c1c([2H])c([2H])c(N(c2ccc3c(c2)c2ccccc2n3-c2cccc(-n3c4ccc(C(C)(C)C)cc4c4cc5c(cc43)C(C)(C)c3cc(C)cc4c3B5c3cc(C(C)(C)C)cc5c6cc(C(C)(C)C)ccc6n-4c35)c2)c2c([2H])c([2H])c([2H])c([2H])c2[2H])c([2H])c1[2H]. The Bertz CT molecular complexity index is 5310. The van der Waals surface area contributed by atoms with Crippen molar-refractivity contribution in [3.63, 3.8) is 0 Å². The maximum atomic E-state index is 9.15. The van der Waals surface area contributed by atoms with Gasteiger partial charge < -0.3 is 18.6 Å². The van der Waals surface area contributed by atoms with Crippen LogP contribution in [0.15, 0.2) is 200 Å². The van der Waals surface area contributed by atoms with E-state index in [-0.39, 0.29) is 40.0 Å². The lowest BCUT2D eigenvalue weighted by Gasteiger charge is -2.42. The number of para-hydroxylation sites is 3. The summed E-state index contributed by atoms with van der Waals surface area (Å²) in [7, 11) is 0. The van der Waals surface area contributed by atoms with E-state index in [4.69, 9.17) is 13.7 Å². The molecule has 0 fully saturated rings. The molecule has 396 valence electrons. The van der Waals surface area contributed by atoms with Crippen molar-refractivity contribution >= 4 is 106 Å². The van der Waals surface area contributed by atoms with Crippen molar-refractivity contribution in [1.29, 1.82) is 0 Å². The second-order valence-electron chi connectivity index (χ2n) is 26.5. The first-order chi connectivity index (χ1) is 42.9. The lowest BCUT2D eigenvalue weighted by molar-refractivity contribution is 0.590. The molecule has 2 aliphatic rings. The fourth-order valence-corrected chi connectivity index (χ4v) is 13.8. The summed E-state index contributed by atoms with van der Waals surface area (Å²) in [5.74, 6) is 0. The van der Waals surface area contributed by atoms with Gasteiger partial charge in [0, 0.05) is 77.4 Å². The Hall–Kier alpha value is -8.54. The smallest absolute Gasteiger partial charge is 0.247 e. The Balaban J connectivity index is 0.970. The van der Waals surface area contributed by atoms with E-state index in [1.807, 2.05) is 30.3 Å². The number of fused-ring (bicyclic) bond motifs is 13. The Morgan fingerprint density at radius 1 is 0.420 bits per heavy atom. The first kappa shape index (κ1) is 39.8. The summed E-state index contributed by atoms with van der Waals surface area (Å²) in [5.41, 5.74) is 20.0. The molecule has 0 amide bonds. The number of hydrogen-bond acceptors (Lipinski definition) is 1. The van der Waals surface area contributed by atoms with Crippen LogP contribution in [0.1, 0.15) is 123 Å². The van der Waals surface area contributed by atoms with Gasteiger partial charge in [0.1, 0.15) is 0 Å². The van der Waals surface area contributed by atoms with E-state index < -0.39 is 65.8 Å². The summed E-state index contributed by atoms with van der Waals surface area (Å²) in [6.07, 6.45) is 0. The molecule has 0 bridgehead atoms. The van der Waals surface area contributed by atoms with Gasteiger partial charge in [-0.2, -0.15) is 0 Å². The molecule has 13 aromatic rings. The highest BCUT2D eigenvalue weighted by Crippen LogP contribution is 2.46. The predicted molar refractivity (Wildman–Crippen MR) is 348 cm³/mol. The predicted octanol–water partition coefficient (Wildman–Crippen LogP) is 18.1. The molecular weight excluding hydrogens is 980 g/mol. The van der Waals surface area contributed by atoms with Gasteiger partial charge in [0.05, 0.1) is 41.3 Å². The summed E-state index contributed by atoms with van der Waals surface area (Å²) in [5, 5.41) is 6.50. The molecule has 2 aliphatic heterocycles. The first-order valence-corrected chi connectivity index (χ1v) is 28.4. The normalized spacial score (nSPS) is 15.7. The van der Waals surface area contributed by atoms with Crippen LogP contribution in [0.2, 0.25) is 0 Å². The number of aromatic nitrogens is 3. The third-order valence-electron chi connectivity index (χ3n) is 17.9. The molecule has 0 atom stereocenters. The minimum absolute atomic E-state index is 0.0308. The number of anilines is 3. The quantitative estimate of drug-likeness (QED) is 0.157. The maximum absolute atomic E-state index is 9.15. The van der Waals surface area contributed by atoms with Crippen molar-refractivity contribution in [2.75, 3.05) is 4.90 Å². The molecule has 0 radical (unpaired) electrons. The van der Waals surface area contributed by atoms with Gasteiger partial charge in [-0.1, -0.05) is 172 Å². The summed E-state index contributed by atoms with van der Waals surface area (Å²) in [6, 6.07) is 45.0. The molecule has 0 unspecified atom stereocenters. The molecule has 0 saturated heterocycles. The van der Waals surface area contributed by atoms with E-state index >= 15 is 0 Å². The second-order valence-corrected chi connectivity index (χ2v) is 26.5. The molecule has 0 N–H and O–H groups in total. The number of rotatable bonds is 5. The highest BCUT2D eigenvalue weighted by atomic mass is 15.1. The number of hydrogen-bond donors (Lipinski definition) is 0. The highest BCUT2D eigenvalue weighted by Gasteiger charge is 2.46. The van der Waals surface area contributed by atoms with Crippen LogP contribution < -0.4 is 21.3 Å². The molecule has 5 heterocycles. The number of benzene rings is 10. The maximum Gasteiger partial charge on any atom is 0.247 e. The molecule has 3 aromatic heterocycles. The Morgan fingerprint density at radius 2 is 0.951 bits per heavy atom. The monoisotopic (exact) mass is 1060 g/mol. The molecular formula is C76H69BN4. The van der Waals surface area contributed by atoms with Crippen LogP contribution in [-0.2, 0) is 21.7 Å². The van der Waals surface area contributed by atoms with Crippen LogP contribution in [0.4, 0.5) is 17.1 Å². The van der Waals surface area contributed by atoms with Gasteiger partial charge in [-0.05, 0) is 177 Å². The lowest BCUT2D eigenvalue weighted by atomic mass is 9.30. The standard InChI is InChI=1S/C76H69BN4/c1-46-36-62-71-70(37-46)81-68-34-31-48(74(5,6)7)39-57(68)60-40-49(75(8,9)10)41-64(72(60)81)77(71)63-44-59-56-38-47(73(2,3)4)30-33-66(56)80(69(59)45-61(63)76(62,11)12)53-27-21-26-52(42-53)79-65-29-20-19-28-55(65)58-43-54(32-35-67(58)79)78(50-22-15-13-16-23-50)51-24-17-14-18-25-51/h13-45H,1-12H3/i13D,14D,15D,16D,17D,18D,22D,23D,24D,25D. The molecule has 15 rings (SSSR count). The molecule has 0 aliphatic carbocycles. The van der Waals surface area contributed by atoms with Crippen LogP contribution in [0.25, 0.3) is 82.5 Å². The van der Waals surface area contributed by atoms with Gasteiger partial charge >= 0.3 is 0 Å². The van der Waals surface area contributed by atoms with Crippen LogP contribution in [-0.4, -0.2) is 20.4 Å². The van der Waals surface area contributed by atoms with E-state index in [0.29, 0.717) is 0 Å².